The topological polar surface area (TPSA) is 0 Å². The number of hydrogen-bond acceptors (Lipinski definition) is 0. The predicted octanol–water partition coefficient (Wildman–Crippen LogP) is 6.88. The molecular formula is C24H24. The van der Waals surface area contributed by atoms with Gasteiger partial charge in [0, 0.05) is 0 Å². The zero-order valence-electron chi connectivity index (χ0n) is 14.0. The van der Waals surface area contributed by atoms with Gasteiger partial charge in [0.15, 0.2) is 0 Å². The maximum atomic E-state index is 3.58. The predicted molar refractivity (Wildman–Crippen MR) is 110 cm³/mol. The Hall–Kier alpha value is -3.12. The summed E-state index contributed by atoms with van der Waals surface area (Å²) in [5, 5.41) is 0. The molecule has 2 aromatic rings. The lowest BCUT2D eigenvalue weighted by atomic mass is 10.2. The molecule has 0 bridgehead atoms. The van der Waals surface area contributed by atoms with Crippen molar-refractivity contribution in [1.82, 2.24) is 0 Å². The van der Waals surface area contributed by atoms with Crippen LogP contribution in [0.3, 0.4) is 0 Å². The first kappa shape index (κ1) is 18.9. The third-order valence-electron chi connectivity index (χ3n) is 2.89. The molecule has 0 nitrogen and oxygen atoms in total. The van der Waals surface area contributed by atoms with Crippen molar-refractivity contribution in [2.45, 2.75) is 0 Å². The second kappa shape index (κ2) is 13.5. The van der Waals surface area contributed by atoms with E-state index in [0.717, 1.165) is 0 Å². The van der Waals surface area contributed by atoms with Crippen molar-refractivity contribution < 1.29 is 0 Å². The van der Waals surface area contributed by atoms with Gasteiger partial charge >= 0.3 is 0 Å². The van der Waals surface area contributed by atoms with Crippen molar-refractivity contribution in [3.8, 4) is 0 Å². The van der Waals surface area contributed by atoms with Gasteiger partial charge in [-0.2, -0.15) is 0 Å². The highest BCUT2D eigenvalue weighted by atomic mass is 13.9. The summed E-state index contributed by atoms with van der Waals surface area (Å²) in [5.74, 6) is 0. The van der Waals surface area contributed by atoms with E-state index >= 15 is 0 Å². The highest BCUT2D eigenvalue weighted by Crippen LogP contribution is 2.01. The number of benzene rings is 2. The lowest BCUT2D eigenvalue weighted by Gasteiger charge is -1.87. The van der Waals surface area contributed by atoms with Crippen LogP contribution in [0, 0.1) is 0 Å². The fourth-order valence-corrected chi connectivity index (χ4v) is 1.75. The van der Waals surface area contributed by atoms with Gasteiger partial charge in [-0.3, -0.25) is 0 Å². The lowest BCUT2D eigenvalue weighted by molar-refractivity contribution is 1.66. The molecule has 0 radical (unpaired) electrons. The average Bonchev–Trinajstić information content (AvgIpc) is 2.65. The highest BCUT2D eigenvalue weighted by Gasteiger charge is 1.79. The molecule has 2 rings (SSSR count). The van der Waals surface area contributed by atoms with Crippen molar-refractivity contribution in [2.75, 3.05) is 0 Å². The molecule has 0 fully saturated rings. The molecule has 0 unspecified atom stereocenters. The Labute approximate surface area is 146 Å². The van der Waals surface area contributed by atoms with E-state index in [1.807, 2.05) is 72.9 Å². The van der Waals surface area contributed by atoms with Crippen LogP contribution in [-0.4, -0.2) is 0 Å². The number of rotatable bonds is 6. The average molecular weight is 312 g/mol. The summed E-state index contributed by atoms with van der Waals surface area (Å²) in [7, 11) is 0. The number of allylic oxidation sites excluding steroid dienone is 8. The van der Waals surface area contributed by atoms with Gasteiger partial charge in [-0.05, 0) is 11.1 Å². The minimum atomic E-state index is 1.21. The van der Waals surface area contributed by atoms with Crippen molar-refractivity contribution in [2.24, 2.45) is 0 Å². The Morgan fingerprint density at radius 1 is 0.458 bits per heavy atom. The molecule has 0 aliphatic carbocycles. The van der Waals surface area contributed by atoms with Gasteiger partial charge in [-0.1, -0.05) is 135 Å². The molecular weight excluding hydrogens is 288 g/mol. The Morgan fingerprint density at radius 2 is 0.833 bits per heavy atom. The normalized spacial score (nSPS) is 11.0. The molecule has 2 aromatic carbocycles. The second-order valence-corrected chi connectivity index (χ2v) is 4.78. The van der Waals surface area contributed by atoms with Crippen LogP contribution in [0.4, 0.5) is 0 Å². The molecule has 0 aliphatic rings. The van der Waals surface area contributed by atoms with Gasteiger partial charge in [-0.15, -0.1) is 0 Å². The first-order valence-electron chi connectivity index (χ1n) is 7.88. The molecule has 120 valence electrons. The van der Waals surface area contributed by atoms with Crippen molar-refractivity contribution >= 4 is 12.2 Å². The van der Waals surface area contributed by atoms with Crippen molar-refractivity contribution in [3.63, 3.8) is 0 Å². The van der Waals surface area contributed by atoms with Crippen LogP contribution in [-0.2, 0) is 0 Å². The van der Waals surface area contributed by atoms with Gasteiger partial charge in [0.25, 0.3) is 0 Å². The van der Waals surface area contributed by atoms with E-state index < -0.39 is 0 Å². The Kier molecular flexibility index (Phi) is 10.7. The highest BCUT2D eigenvalue weighted by molar-refractivity contribution is 5.51. The standard InChI is InChI=1S/2C12H12/c2*1-2-3-4-6-9-12-10-7-5-8-11-12/h2*2-11H,1H2. The van der Waals surface area contributed by atoms with Gasteiger partial charge in [0.1, 0.15) is 0 Å². The maximum Gasteiger partial charge on any atom is -0.0257 e. The number of hydrogen-bond donors (Lipinski definition) is 0. The van der Waals surface area contributed by atoms with Gasteiger partial charge < -0.3 is 0 Å². The first-order valence-corrected chi connectivity index (χ1v) is 7.88. The Morgan fingerprint density at radius 3 is 1.17 bits per heavy atom. The fraction of sp³-hybridized carbons (Fsp3) is 0. The molecule has 0 saturated heterocycles. The second-order valence-electron chi connectivity index (χ2n) is 4.78. The summed E-state index contributed by atoms with van der Waals surface area (Å²) in [6.45, 7) is 7.17. The maximum absolute atomic E-state index is 3.58. The monoisotopic (exact) mass is 312 g/mol. The molecule has 0 amide bonds. The lowest BCUT2D eigenvalue weighted by Crippen LogP contribution is -1.66. The quantitative estimate of drug-likeness (QED) is 0.510. The molecule has 0 saturated carbocycles. The van der Waals surface area contributed by atoms with Gasteiger partial charge in [0.05, 0.1) is 0 Å². The SMILES string of the molecule is C=CC=CC=Cc1ccccc1.C=CC=CC=Cc1ccccc1. The minimum absolute atomic E-state index is 1.21. The van der Waals surface area contributed by atoms with E-state index in [-0.39, 0.29) is 0 Å². The van der Waals surface area contributed by atoms with Gasteiger partial charge in [0.2, 0.25) is 0 Å². The van der Waals surface area contributed by atoms with E-state index in [1.54, 1.807) is 12.2 Å². The first-order chi connectivity index (χ1) is 11.9. The summed E-state index contributed by atoms with van der Waals surface area (Å²) >= 11 is 0. The zero-order chi connectivity index (χ0) is 17.3. The third-order valence-corrected chi connectivity index (χ3v) is 2.89. The summed E-state index contributed by atoms with van der Waals surface area (Å²) in [6, 6.07) is 20.4. The molecule has 0 heteroatoms. The Balaban J connectivity index is 0.000000240. The van der Waals surface area contributed by atoms with E-state index in [1.165, 1.54) is 11.1 Å². The van der Waals surface area contributed by atoms with E-state index in [2.05, 4.69) is 49.6 Å². The van der Waals surface area contributed by atoms with Crippen LogP contribution in [0.25, 0.3) is 12.2 Å². The van der Waals surface area contributed by atoms with E-state index in [4.69, 9.17) is 0 Å². The largest absolute Gasteiger partial charge is 0.0991 e. The van der Waals surface area contributed by atoms with Crippen LogP contribution >= 0.6 is 0 Å². The third kappa shape index (κ3) is 9.75. The van der Waals surface area contributed by atoms with E-state index in [9.17, 15) is 0 Å². The summed E-state index contributed by atoms with van der Waals surface area (Å²) in [6.07, 6.45) is 19.3. The summed E-state index contributed by atoms with van der Waals surface area (Å²) < 4.78 is 0. The van der Waals surface area contributed by atoms with Crippen LogP contribution in [0.15, 0.2) is 122 Å². The molecule has 24 heavy (non-hydrogen) atoms. The summed E-state index contributed by atoms with van der Waals surface area (Å²) in [4.78, 5) is 0. The van der Waals surface area contributed by atoms with Crippen LogP contribution in [0.2, 0.25) is 0 Å². The minimum Gasteiger partial charge on any atom is -0.0991 e. The summed E-state index contributed by atoms with van der Waals surface area (Å²) in [5.41, 5.74) is 2.43. The van der Waals surface area contributed by atoms with Crippen LogP contribution < -0.4 is 0 Å². The molecule has 0 heterocycles. The molecule has 0 atom stereocenters. The fourth-order valence-electron chi connectivity index (χ4n) is 1.75. The molecule has 0 aliphatic heterocycles. The van der Waals surface area contributed by atoms with Crippen molar-refractivity contribution in [3.05, 3.63) is 134 Å². The molecule has 0 aromatic heterocycles. The zero-order valence-corrected chi connectivity index (χ0v) is 14.0. The molecule has 0 spiro atoms. The molecule has 0 N–H and O–H groups in total. The smallest absolute Gasteiger partial charge is 0.0257 e. The Bertz CT molecular complexity index is 620. The van der Waals surface area contributed by atoms with E-state index in [0.29, 0.717) is 0 Å². The van der Waals surface area contributed by atoms with Gasteiger partial charge in [-0.25, -0.2) is 0 Å². The van der Waals surface area contributed by atoms with Crippen LogP contribution in [0.5, 0.6) is 0 Å². The van der Waals surface area contributed by atoms with Crippen molar-refractivity contribution in [1.29, 1.82) is 0 Å². The van der Waals surface area contributed by atoms with Crippen LogP contribution in [0.1, 0.15) is 11.1 Å².